The quantitative estimate of drug-likeness (QED) is 0.195. The van der Waals surface area contributed by atoms with Gasteiger partial charge in [-0.25, -0.2) is 32.0 Å². The summed E-state index contributed by atoms with van der Waals surface area (Å²) < 4.78 is 0. The molecule has 20 heteroatoms. The van der Waals surface area contributed by atoms with Gasteiger partial charge < -0.3 is 10.4 Å². The summed E-state index contributed by atoms with van der Waals surface area (Å²) in [6.07, 6.45) is 1.54. The van der Waals surface area contributed by atoms with E-state index in [1.165, 1.54) is 0 Å². The first-order valence-electron chi connectivity index (χ1n) is 4.79. The van der Waals surface area contributed by atoms with Gasteiger partial charge in [-0.15, -0.1) is 20.2 Å². The SMILES string of the molecule is NOCN(/C=C/N(CON)[N+](=O)[O-])[N+](=O)[O-].O=[N+]([O-])O.O=[N+]([O-])O. The molecule has 0 aliphatic heterocycles. The van der Waals surface area contributed by atoms with Gasteiger partial charge in [-0.2, -0.15) is 0 Å². The molecular formula is C4H12N8O12. The maximum absolute atomic E-state index is 10.3. The highest BCUT2D eigenvalue weighted by molar-refractivity contribution is 4.73. The van der Waals surface area contributed by atoms with Crippen LogP contribution < -0.4 is 11.8 Å². The van der Waals surface area contributed by atoms with Gasteiger partial charge in [-0.1, -0.05) is 10.0 Å². The molecule has 0 aliphatic carbocycles. The third-order valence-electron chi connectivity index (χ3n) is 1.24. The van der Waals surface area contributed by atoms with Crippen LogP contribution in [-0.2, 0) is 9.68 Å². The van der Waals surface area contributed by atoms with E-state index < -0.39 is 33.7 Å². The van der Waals surface area contributed by atoms with Crippen LogP contribution in [0.5, 0.6) is 0 Å². The summed E-state index contributed by atoms with van der Waals surface area (Å²) >= 11 is 0. The summed E-state index contributed by atoms with van der Waals surface area (Å²) in [5.74, 6) is 9.24. The van der Waals surface area contributed by atoms with E-state index in [0.29, 0.717) is 10.0 Å². The van der Waals surface area contributed by atoms with Crippen molar-refractivity contribution in [3.8, 4) is 0 Å². The first-order valence-corrected chi connectivity index (χ1v) is 4.79. The van der Waals surface area contributed by atoms with Gasteiger partial charge in [0.1, 0.15) is 0 Å². The van der Waals surface area contributed by atoms with E-state index in [9.17, 15) is 20.2 Å². The summed E-state index contributed by atoms with van der Waals surface area (Å²) in [5.41, 5.74) is 0. The van der Waals surface area contributed by atoms with Crippen molar-refractivity contribution in [3.63, 3.8) is 0 Å². The van der Waals surface area contributed by atoms with Crippen LogP contribution in [0.4, 0.5) is 0 Å². The van der Waals surface area contributed by atoms with Crippen LogP contribution in [-0.4, -0.2) is 54.1 Å². The van der Waals surface area contributed by atoms with Gasteiger partial charge in [-0.3, -0.25) is 9.68 Å². The maximum Gasteiger partial charge on any atom is 0.291 e. The molecule has 0 radical (unpaired) electrons. The van der Waals surface area contributed by atoms with E-state index in [-0.39, 0.29) is 0 Å². The predicted molar refractivity (Wildman–Crippen MR) is 64.6 cm³/mol. The largest absolute Gasteiger partial charge is 0.328 e. The third-order valence-corrected chi connectivity index (χ3v) is 1.24. The highest BCUT2D eigenvalue weighted by Gasteiger charge is 2.14. The smallest absolute Gasteiger partial charge is 0.291 e. The molecule has 0 rings (SSSR count). The molecule has 0 aliphatic rings. The van der Waals surface area contributed by atoms with E-state index in [1.807, 2.05) is 0 Å². The van der Waals surface area contributed by atoms with Crippen molar-refractivity contribution >= 4 is 0 Å². The van der Waals surface area contributed by atoms with Crippen LogP contribution in [0, 0.1) is 40.5 Å². The monoisotopic (exact) mass is 364 g/mol. The lowest BCUT2D eigenvalue weighted by atomic mass is 10.8. The fraction of sp³-hybridized carbons (Fsp3) is 0.500. The third kappa shape index (κ3) is 23.5. The minimum atomic E-state index is -1.50. The van der Waals surface area contributed by atoms with E-state index in [0.717, 1.165) is 12.4 Å². The van der Waals surface area contributed by atoms with Crippen molar-refractivity contribution in [1.29, 1.82) is 0 Å². The lowest BCUT2D eigenvalue weighted by Crippen LogP contribution is -2.32. The van der Waals surface area contributed by atoms with Crippen molar-refractivity contribution in [2.45, 2.75) is 0 Å². The normalized spacial score (nSPS) is 8.92. The Morgan fingerprint density at radius 1 is 0.792 bits per heavy atom. The molecule has 6 N–H and O–H groups in total. The second-order valence-corrected chi connectivity index (χ2v) is 2.72. The van der Waals surface area contributed by atoms with Gasteiger partial charge in [0.15, 0.2) is 10.1 Å². The molecule has 0 aromatic heterocycles. The molecule has 0 saturated carbocycles. The Morgan fingerprint density at radius 3 is 1.12 bits per heavy atom. The van der Waals surface area contributed by atoms with Crippen molar-refractivity contribution in [1.82, 2.24) is 10.0 Å². The topological polar surface area (TPSA) is 290 Å². The fourth-order valence-corrected chi connectivity index (χ4v) is 0.596. The second kappa shape index (κ2) is 15.8. The molecule has 0 atom stereocenters. The molecule has 24 heavy (non-hydrogen) atoms. The van der Waals surface area contributed by atoms with Gasteiger partial charge in [0.05, 0.1) is 12.4 Å². The molecule has 0 unspecified atom stereocenters. The van der Waals surface area contributed by atoms with Crippen LogP contribution >= 0.6 is 0 Å². The number of nitrogens with zero attached hydrogens (tertiary/aromatic N) is 6. The molecule has 0 fully saturated rings. The molecular weight excluding hydrogens is 352 g/mol. The minimum absolute atomic E-state index is 0.382. The number of rotatable bonds is 8. The number of nitrogens with two attached hydrogens (primary N) is 2. The fourth-order valence-electron chi connectivity index (χ4n) is 0.596. The lowest BCUT2D eigenvalue weighted by Gasteiger charge is -2.09. The summed E-state index contributed by atoms with van der Waals surface area (Å²) in [6.45, 7) is -1.14. The lowest BCUT2D eigenvalue weighted by molar-refractivity contribution is -0.742. The Kier molecular flexibility index (Phi) is 16.6. The van der Waals surface area contributed by atoms with E-state index in [1.54, 1.807) is 0 Å². The van der Waals surface area contributed by atoms with Crippen LogP contribution in [0.1, 0.15) is 0 Å². The predicted octanol–water partition coefficient (Wildman–Crippen LogP) is -2.55. The van der Waals surface area contributed by atoms with Gasteiger partial charge in [0.25, 0.3) is 10.2 Å². The van der Waals surface area contributed by atoms with Gasteiger partial charge in [0, 0.05) is 0 Å². The molecule has 140 valence electrons. The molecule has 0 amide bonds. The Bertz CT molecular complexity index is 381. The molecule has 0 spiro atoms. The van der Waals surface area contributed by atoms with Gasteiger partial charge in [-0.05, 0) is 0 Å². The van der Waals surface area contributed by atoms with Crippen LogP contribution in [0.2, 0.25) is 0 Å². The van der Waals surface area contributed by atoms with Gasteiger partial charge in [0.2, 0.25) is 13.5 Å². The zero-order valence-electron chi connectivity index (χ0n) is 11.4. The Labute approximate surface area is 130 Å². The van der Waals surface area contributed by atoms with Crippen molar-refractivity contribution in [3.05, 3.63) is 52.9 Å². The van der Waals surface area contributed by atoms with Crippen LogP contribution in [0.15, 0.2) is 12.4 Å². The average Bonchev–Trinajstić information content (AvgIpc) is 2.40. The first-order chi connectivity index (χ1) is 11.0. The number of hydrogen-bond acceptors (Lipinski definition) is 12. The molecule has 0 bridgehead atoms. The van der Waals surface area contributed by atoms with E-state index >= 15 is 0 Å². The zero-order chi connectivity index (χ0) is 19.7. The van der Waals surface area contributed by atoms with E-state index in [2.05, 4.69) is 21.5 Å². The van der Waals surface area contributed by atoms with Gasteiger partial charge >= 0.3 is 0 Å². The first kappa shape index (κ1) is 25.3. The Balaban J connectivity index is -0.000000457. The molecule has 0 heterocycles. The Morgan fingerprint density at radius 2 is 1.00 bits per heavy atom. The summed E-state index contributed by atoms with van der Waals surface area (Å²) in [7, 11) is 0. The van der Waals surface area contributed by atoms with Crippen LogP contribution in [0.3, 0.4) is 0 Å². The zero-order valence-corrected chi connectivity index (χ0v) is 11.4. The second-order valence-electron chi connectivity index (χ2n) is 2.72. The minimum Gasteiger partial charge on any atom is -0.328 e. The number of hydrogen-bond donors (Lipinski definition) is 4. The average molecular weight is 364 g/mol. The number of hydrazine groups is 2. The van der Waals surface area contributed by atoms with E-state index in [4.69, 9.17) is 30.6 Å². The van der Waals surface area contributed by atoms with Crippen LogP contribution in [0.25, 0.3) is 0 Å². The highest BCUT2D eigenvalue weighted by atomic mass is 16.9. The van der Waals surface area contributed by atoms with Crippen molar-refractivity contribution in [2.24, 2.45) is 11.8 Å². The Hall–Kier alpha value is -3.62. The summed E-state index contributed by atoms with van der Waals surface area (Å²) in [5, 5.41) is 47.0. The molecule has 0 aromatic carbocycles. The molecule has 0 saturated heterocycles. The standard InChI is InChI=1S/C4H10N6O6.2HNO3/c5-15-3-7(9(11)12)1-2-8(4-16-6)10(13)14;2*2-1(3)4/h1-2H,3-6H2;2*(H,2,3,4)/b2-1+;;. The maximum atomic E-state index is 10.3. The summed E-state index contributed by atoms with van der Waals surface area (Å²) in [4.78, 5) is 45.4. The molecule has 20 nitrogen and oxygen atoms in total. The van der Waals surface area contributed by atoms with Crippen molar-refractivity contribution in [2.75, 3.05) is 13.5 Å². The summed E-state index contributed by atoms with van der Waals surface area (Å²) in [6, 6.07) is 0. The van der Waals surface area contributed by atoms with Crippen molar-refractivity contribution < 1.29 is 40.3 Å². The highest BCUT2D eigenvalue weighted by Crippen LogP contribution is 1.94. The number of nitro groups is 2. The molecule has 0 aromatic rings.